The van der Waals surface area contributed by atoms with Crippen LogP contribution < -0.4 is 4.74 Å². The van der Waals surface area contributed by atoms with Gasteiger partial charge in [0.05, 0.1) is 6.61 Å². The Morgan fingerprint density at radius 3 is 2.61 bits per heavy atom. The summed E-state index contributed by atoms with van der Waals surface area (Å²) in [6.45, 7) is 5.02. The highest BCUT2D eigenvalue weighted by molar-refractivity contribution is 9.10. The lowest BCUT2D eigenvalue weighted by molar-refractivity contribution is 0.343. The third-order valence-electron chi connectivity index (χ3n) is 3.65. The average molecular weight is 303 g/mol. The Bertz CT molecular complexity index is 590. The van der Waals surface area contributed by atoms with Crippen molar-refractivity contribution in [2.75, 3.05) is 6.61 Å². The third kappa shape index (κ3) is 1.76. The Kier molecular flexibility index (Phi) is 2.90. The predicted molar refractivity (Wildman–Crippen MR) is 77.4 cm³/mol. The molecule has 0 spiro atoms. The number of halogens is 1. The molecule has 1 aliphatic rings. The molecular weight excluding hydrogens is 288 g/mol. The third-order valence-corrected chi connectivity index (χ3v) is 4.87. The fourth-order valence-electron chi connectivity index (χ4n) is 2.69. The van der Waals surface area contributed by atoms with E-state index in [0.29, 0.717) is 5.92 Å². The van der Waals surface area contributed by atoms with E-state index < -0.39 is 0 Å². The Morgan fingerprint density at radius 2 is 1.89 bits per heavy atom. The van der Waals surface area contributed by atoms with E-state index in [1.165, 1.54) is 26.7 Å². The fourth-order valence-corrected chi connectivity index (χ4v) is 3.02. The molecule has 0 unspecified atom stereocenters. The lowest BCUT2D eigenvalue weighted by Crippen LogP contribution is -2.03. The van der Waals surface area contributed by atoms with Crippen molar-refractivity contribution in [2.45, 2.75) is 19.8 Å². The van der Waals surface area contributed by atoms with Crippen LogP contribution in [-0.2, 0) is 0 Å². The smallest absolute Gasteiger partial charge is 0.123 e. The first-order valence-corrected chi connectivity index (χ1v) is 6.95. The van der Waals surface area contributed by atoms with Crippen molar-refractivity contribution < 1.29 is 4.74 Å². The predicted octanol–water partition coefficient (Wildman–Crippen LogP) is 4.59. The van der Waals surface area contributed by atoms with Crippen LogP contribution in [0.25, 0.3) is 0 Å². The van der Waals surface area contributed by atoms with Crippen LogP contribution >= 0.6 is 15.9 Å². The average Bonchev–Trinajstić information content (AvgIpc) is 2.81. The number of rotatable bonds is 1. The maximum absolute atomic E-state index is 5.86. The van der Waals surface area contributed by atoms with E-state index in [-0.39, 0.29) is 0 Å². The summed E-state index contributed by atoms with van der Waals surface area (Å²) >= 11 is 3.68. The molecule has 1 nitrogen and oxygen atoms in total. The zero-order chi connectivity index (χ0) is 12.7. The number of fused-ring (bicyclic) bond motifs is 1. The van der Waals surface area contributed by atoms with Crippen molar-refractivity contribution in [3.63, 3.8) is 0 Å². The summed E-state index contributed by atoms with van der Waals surface area (Å²) in [5, 5.41) is 0. The second-order valence-corrected chi connectivity index (χ2v) is 5.61. The van der Waals surface area contributed by atoms with Crippen LogP contribution in [0.3, 0.4) is 0 Å². The molecule has 0 bridgehead atoms. The molecule has 2 heteroatoms. The van der Waals surface area contributed by atoms with Gasteiger partial charge >= 0.3 is 0 Å². The number of hydrogen-bond acceptors (Lipinski definition) is 1. The number of hydrogen-bond donors (Lipinski definition) is 0. The highest BCUT2D eigenvalue weighted by Crippen LogP contribution is 2.43. The molecule has 0 radical (unpaired) electrons. The number of ether oxygens (including phenoxy) is 1. The van der Waals surface area contributed by atoms with Gasteiger partial charge in [-0.15, -0.1) is 0 Å². The molecule has 92 valence electrons. The summed E-state index contributed by atoms with van der Waals surface area (Å²) in [6.07, 6.45) is 0. The molecule has 0 fully saturated rings. The van der Waals surface area contributed by atoms with Gasteiger partial charge in [-0.25, -0.2) is 0 Å². The van der Waals surface area contributed by atoms with Crippen molar-refractivity contribution >= 4 is 15.9 Å². The minimum atomic E-state index is 0.359. The molecule has 0 aromatic heterocycles. The zero-order valence-electron chi connectivity index (χ0n) is 10.5. The van der Waals surface area contributed by atoms with E-state index in [1.807, 2.05) is 0 Å². The number of benzene rings is 2. The quantitative estimate of drug-likeness (QED) is 0.748. The van der Waals surface area contributed by atoms with Crippen LogP contribution in [-0.4, -0.2) is 6.61 Å². The first kappa shape index (κ1) is 11.8. The number of aryl methyl sites for hydroxylation is 1. The van der Waals surface area contributed by atoms with E-state index in [2.05, 4.69) is 66.2 Å². The zero-order valence-corrected chi connectivity index (χ0v) is 12.1. The maximum atomic E-state index is 5.86. The van der Waals surface area contributed by atoms with Gasteiger partial charge in [-0.2, -0.15) is 0 Å². The molecule has 1 aliphatic heterocycles. The molecule has 2 aromatic rings. The van der Waals surface area contributed by atoms with Crippen LogP contribution in [0.1, 0.15) is 28.2 Å². The summed E-state index contributed by atoms with van der Waals surface area (Å²) in [5.74, 6) is 1.40. The summed E-state index contributed by atoms with van der Waals surface area (Å²) in [4.78, 5) is 0. The van der Waals surface area contributed by atoms with Crippen LogP contribution in [0.4, 0.5) is 0 Å². The Balaban J connectivity index is 2.15. The molecule has 0 amide bonds. The lowest BCUT2D eigenvalue weighted by Gasteiger charge is -2.14. The van der Waals surface area contributed by atoms with Crippen molar-refractivity contribution in [2.24, 2.45) is 0 Å². The van der Waals surface area contributed by atoms with E-state index >= 15 is 0 Å². The topological polar surface area (TPSA) is 9.23 Å². The van der Waals surface area contributed by atoms with E-state index in [0.717, 1.165) is 12.4 Å². The first-order chi connectivity index (χ1) is 8.68. The van der Waals surface area contributed by atoms with Gasteiger partial charge in [-0.3, -0.25) is 0 Å². The van der Waals surface area contributed by atoms with Gasteiger partial charge in [0.25, 0.3) is 0 Å². The standard InChI is InChI=1S/C16H15BrO/c1-10-8-14-15(11(2)16(10)17)13(9-18-14)12-6-4-3-5-7-12/h3-8,13H,9H2,1-2H3/t13-/m0/s1. The molecule has 0 saturated carbocycles. The second-order valence-electron chi connectivity index (χ2n) is 4.82. The van der Waals surface area contributed by atoms with Crippen LogP contribution in [0.15, 0.2) is 40.9 Å². The van der Waals surface area contributed by atoms with Crippen LogP contribution in [0.2, 0.25) is 0 Å². The van der Waals surface area contributed by atoms with Crippen molar-refractivity contribution in [3.8, 4) is 5.75 Å². The molecule has 0 aliphatic carbocycles. The Labute approximate surface area is 116 Å². The Hall–Kier alpha value is -1.28. The normalized spacial score (nSPS) is 17.4. The van der Waals surface area contributed by atoms with E-state index in [9.17, 15) is 0 Å². The molecule has 0 N–H and O–H groups in total. The Morgan fingerprint density at radius 1 is 1.17 bits per heavy atom. The van der Waals surface area contributed by atoms with Gasteiger partial charge in [0.2, 0.25) is 0 Å². The molecule has 1 heterocycles. The second kappa shape index (κ2) is 4.43. The minimum Gasteiger partial charge on any atom is -0.492 e. The molecular formula is C16H15BrO. The molecule has 3 rings (SSSR count). The van der Waals surface area contributed by atoms with Crippen LogP contribution in [0.5, 0.6) is 5.75 Å². The van der Waals surface area contributed by atoms with Gasteiger partial charge < -0.3 is 4.74 Å². The first-order valence-electron chi connectivity index (χ1n) is 6.16. The largest absolute Gasteiger partial charge is 0.492 e. The molecule has 0 saturated heterocycles. The van der Waals surface area contributed by atoms with Crippen LogP contribution in [0, 0.1) is 13.8 Å². The minimum absolute atomic E-state index is 0.359. The monoisotopic (exact) mass is 302 g/mol. The van der Waals surface area contributed by atoms with Gasteiger partial charge in [0.15, 0.2) is 0 Å². The molecule has 18 heavy (non-hydrogen) atoms. The molecule has 2 aromatic carbocycles. The highest BCUT2D eigenvalue weighted by atomic mass is 79.9. The summed E-state index contributed by atoms with van der Waals surface area (Å²) in [6, 6.07) is 12.7. The SMILES string of the molecule is Cc1cc2c(c(C)c1Br)[C@H](c1ccccc1)CO2. The van der Waals surface area contributed by atoms with Gasteiger partial charge in [-0.05, 0) is 36.6 Å². The van der Waals surface area contributed by atoms with Crippen molar-refractivity contribution in [1.82, 2.24) is 0 Å². The lowest BCUT2D eigenvalue weighted by atomic mass is 9.89. The van der Waals surface area contributed by atoms with E-state index in [4.69, 9.17) is 4.74 Å². The summed E-state index contributed by atoms with van der Waals surface area (Å²) < 4.78 is 7.06. The summed E-state index contributed by atoms with van der Waals surface area (Å²) in [5.41, 5.74) is 5.20. The van der Waals surface area contributed by atoms with Crippen molar-refractivity contribution in [1.29, 1.82) is 0 Å². The van der Waals surface area contributed by atoms with E-state index in [1.54, 1.807) is 0 Å². The summed E-state index contributed by atoms with van der Waals surface area (Å²) in [7, 11) is 0. The fraction of sp³-hybridized carbons (Fsp3) is 0.250. The maximum Gasteiger partial charge on any atom is 0.123 e. The van der Waals surface area contributed by atoms with Crippen molar-refractivity contribution in [3.05, 3.63) is 63.1 Å². The van der Waals surface area contributed by atoms with Gasteiger partial charge in [-0.1, -0.05) is 46.3 Å². The van der Waals surface area contributed by atoms with Gasteiger partial charge in [0, 0.05) is 16.0 Å². The highest BCUT2D eigenvalue weighted by Gasteiger charge is 2.28. The molecule has 1 atom stereocenters. The van der Waals surface area contributed by atoms with Gasteiger partial charge in [0.1, 0.15) is 5.75 Å².